The highest BCUT2D eigenvalue weighted by molar-refractivity contribution is 6.16. The molecule has 0 radical (unpaired) electrons. The Morgan fingerprint density at radius 1 is 1.14 bits per heavy atom. The van der Waals surface area contributed by atoms with Crippen molar-refractivity contribution < 1.29 is 14.1 Å². The number of anilines is 2. The number of nitrogens with zero attached hydrogens (tertiary/aromatic N) is 1. The van der Waals surface area contributed by atoms with Gasteiger partial charge in [0.1, 0.15) is 11.5 Å². The van der Waals surface area contributed by atoms with Gasteiger partial charge in [-0.1, -0.05) is 29.4 Å². The number of nitrogen functional groups attached to an aromatic ring is 1. The van der Waals surface area contributed by atoms with Crippen molar-refractivity contribution in [2.45, 2.75) is 25.3 Å². The summed E-state index contributed by atoms with van der Waals surface area (Å²) in [4.78, 5) is 10.9. The Kier molecular flexibility index (Phi) is 7.97. The lowest BCUT2D eigenvalue weighted by molar-refractivity contribution is -0.109. The number of ether oxygens (including phenoxy) is 1. The molecule has 5 N–H and O–H groups in total. The number of fused-ring (bicyclic) bond motifs is 1. The summed E-state index contributed by atoms with van der Waals surface area (Å²) in [5.41, 5.74) is 8.89. The molecule has 0 fully saturated rings. The van der Waals surface area contributed by atoms with E-state index >= 15 is 0 Å². The molecule has 3 aromatic carbocycles. The van der Waals surface area contributed by atoms with Crippen molar-refractivity contribution in [3.8, 4) is 11.5 Å². The van der Waals surface area contributed by atoms with E-state index in [9.17, 15) is 4.79 Å². The fourth-order valence-corrected chi connectivity index (χ4v) is 3.94. The lowest BCUT2D eigenvalue weighted by Crippen LogP contribution is -2.33. The zero-order valence-electron chi connectivity index (χ0n) is 19.9. The van der Waals surface area contributed by atoms with Gasteiger partial charge >= 0.3 is 0 Å². The number of aromatic nitrogens is 1. The first-order valence-electron chi connectivity index (χ1n) is 11.7. The van der Waals surface area contributed by atoms with Crippen LogP contribution >= 0.6 is 0 Å². The summed E-state index contributed by atoms with van der Waals surface area (Å²) in [5.74, 6) is 1.69. The van der Waals surface area contributed by atoms with Gasteiger partial charge in [-0.15, -0.1) is 6.58 Å². The number of unbranched alkanes of at least 4 members (excludes halogenated alkanes) is 1. The van der Waals surface area contributed by atoms with E-state index in [1.54, 1.807) is 6.07 Å². The van der Waals surface area contributed by atoms with Gasteiger partial charge in [-0.3, -0.25) is 10.2 Å². The Bertz CT molecular complexity index is 1330. The molecule has 0 aliphatic carbocycles. The van der Waals surface area contributed by atoms with Gasteiger partial charge in [0.25, 0.3) is 0 Å². The number of hydrogen-bond acceptors (Lipinski definition) is 7. The predicted molar refractivity (Wildman–Crippen MR) is 143 cm³/mol. The molecule has 4 aromatic rings. The standard InChI is InChI=1S/C28H29N5O3/c1-2-3-5-8-20(17-31-18-34)32-25-16-26-24(28(30)33-36-26)15-23(25)27(29)19-11-13-22(14-12-19)35-21-9-6-4-7-10-21/h2,4,6-7,9-16,18,20,29,32H,1,3,5,8,17H2,(H2,30,33)(H,31,34). The molecule has 0 spiro atoms. The number of hydrogen-bond donors (Lipinski definition) is 4. The smallest absolute Gasteiger partial charge is 0.207 e. The monoisotopic (exact) mass is 483 g/mol. The van der Waals surface area contributed by atoms with E-state index in [4.69, 9.17) is 20.4 Å². The normalized spacial score (nSPS) is 11.6. The number of allylic oxidation sites excluding steroid dienone is 1. The summed E-state index contributed by atoms with van der Waals surface area (Å²) in [6.45, 7) is 4.22. The van der Waals surface area contributed by atoms with Gasteiger partial charge in [0.2, 0.25) is 6.41 Å². The van der Waals surface area contributed by atoms with Crippen LogP contribution in [0.2, 0.25) is 0 Å². The van der Waals surface area contributed by atoms with E-state index in [0.29, 0.717) is 52.2 Å². The Morgan fingerprint density at radius 3 is 2.61 bits per heavy atom. The maximum absolute atomic E-state index is 10.9. The predicted octanol–water partition coefficient (Wildman–Crippen LogP) is 5.50. The maximum Gasteiger partial charge on any atom is 0.207 e. The van der Waals surface area contributed by atoms with Gasteiger partial charge in [-0.05, 0) is 61.7 Å². The van der Waals surface area contributed by atoms with Crippen molar-refractivity contribution in [2.75, 3.05) is 17.6 Å². The molecule has 1 aromatic heterocycles. The van der Waals surface area contributed by atoms with Crippen LogP contribution in [0.15, 0.2) is 83.9 Å². The minimum absolute atomic E-state index is 0.0546. The van der Waals surface area contributed by atoms with Gasteiger partial charge < -0.3 is 25.6 Å². The van der Waals surface area contributed by atoms with Crippen LogP contribution in [0.3, 0.4) is 0 Å². The molecular formula is C28H29N5O3. The molecule has 184 valence electrons. The number of benzene rings is 3. The fraction of sp³-hybridized carbons (Fsp3) is 0.179. The zero-order chi connectivity index (χ0) is 25.3. The van der Waals surface area contributed by atoms with Gasteiger partial charge in [-0.2, -0.15) is 0 Å². The van der Waals surface area contributed by atoms with Crippen LogP contribution in [-0.2, 0) is 4.79 Å². The first kappa shape index (κ1) is 24.5. The molecule has 1 atom stereocenters. The molecule has 0 saturated carbocycles. The topological polar surface area (TPSA) is 126 Å². The second-order valence-electron chi connectivity index (χ2n) is 8.36. The summed E-state index contributed by atoms with van der Waals surface area (Å²) in [6.07, 6.45) is 5.15. The largest absolute Gasteiger partial charge is 0.457 e. The number of carbonyl (C=O) groups excluding carboxylic acids is 1. The van der Waals surface area contributed by atoms with Crippen LogP contribution in [0, 0.1) is 5.41 Å². The van der Waals surface area contributed by atoms with E-state index < -0.39 is 0 Å². The first-order chi connectivity index (χ1) is 17.6. The molecule has 0 aliphatic heterocycles. The van der Waals surface area contributed by atoms with Crippen LogP contribution < -0.4 is 21.1 Å². The van der Waals surface area contributed by atoms with E-state index in [1.807, 2.05) is 66.7 Å². The third-order valence-electron chi connectivity index (χ3n) is 5.80. The lowest BCUT2D eigenvalue weighted by Gasteiger charge is -2.22. The number of nitrogens with one attached hydrogen (secondary N) is 3. The van der Waals surface area contributed by atoms with Gasteiger partial charge in [0.15, 0.2) is 11.4 Å². The van der Waals surface area contributed by atoms with Gasteiger partial charge in [0, 0.05) is 35.5 Å². The number of amides is 1. The Hall–Kier alpha value is -4.59. The van der Waals surface area contributed by atoms with Crippen molar-refractivity contribution in [3.05, 3.63) is 90.5 Å². The molecule has 4 rings (SSSR count). The highest BCUT2D eigenvalue weighted by atomic mass is 16.5. The molecule has 8 nitrogen and oxygen atoms in total. The zero-order valence-corrected chi connectivity index (χ0v) is 19.9. The lowest BCUT2D eigenvalue weighted by atomic mass is 9.98. The van der Waals surface area contributed by atoms with Crippen molar-refractivity contribution in [1.82, 2.24) is 10.5 Å². The summed E-state index contributed by atoms with van der Waals surface area (Å²) in [7, 11) is 0. The minimum atomic E-state index is -0.0546. The van der Waals surface area contributed by atoms with Gasteiger partial charge in [0.05, 0.1) is 11.1 Å². The fourth-order valence-electron chi connectivity index (χ4n) is 3.94. The quantitative estimate of drug-likeness (QED) is 0.0861. The Morgan fingerprint density at radius 2 is 1.89 bits per heavy atom. The van der Waals surface area contributed by atoms with E-state index in [-0.39, 0.29) is 11.9 Å². The average Bonchev–Trinajstić information content (AvgIpc) is 3.26. The molecule has 1 unspecified atom stereocenters. The third kappa shape index (κ3) is 5.90. The summed E-state index contributed by atoms with van der Waals surface area (Å²) < 4.78 is 11.3. The molecule has 8 heteroatoms. The number of nitrogens with two attached hydrogens (primary N) is 1. The second-order valence-corrected chi connectivity index (χ2v) is 8.36. The van der Waals surface area contributed by atoms with Gasteiger partial charge in [-0.25, -0.2) is 0 Å². The van der Waals surface area contributed by atoms with Crippen molar-refractivity contribution in [2.24, 2.45) is 0 Å². The molecule has 0 bridgehead atoms. The molecule has 1 amide bonds. The Labute approximate surface area is 209 Å². The van der Waals surface area contributed by atoms with Crippen LogP contribution in [0.25, 0.3) is 11.0 Å². The number of rotatable bonds is 13. The summed E-state index contributed by atoms with van der Waals surface area (Å²) in [6, 6.07) is 20.5. The highest BCUT2D eigenvalue weighted by Crippen LogP contribution is 2.31. The van der Waals surface area contributed by atoms with Crippen LogP contribution in [0.1, 0.15) is 30.4 Å². The number of para-hydroxylation sites is 1. The molecule has 36 heavy (non-hydrogen) atoms. The molecular weight excluding hydrogens is 454 g/mol. The van der Waals surface area contributed by atoms with E-state index in [1.165, 1.54) is 0 Å². The van der Waals surface area contributed by atoms with Crippen LogP contribution in [-0.4, -0.2) is 29.9 Å². The van der Waals surface area contributed by atoms with Crippen LogP contribution in [0.4, 0.5) is 11.5 Å². The second kappa shape index (κ2) is 11.7. The van der Waals surface area contributed by atoms with Crippen LogP contribution in [0.5, 0.6) is 11.5 Å². The third-order valence-corrected chi connectivity index (χ3v) is 5.80. The van der Waals surface area contributed by atoms with Crippen molar-refractivity contribution in [1.29, 1.82) is 5.41 Å². The molecule has 0 aliphatic rings. The summed E-state index contributed by atoms with van der Waals surface area (Å²) in [5, 5.41) is 19.7. The van der Waals surface area contributed by atoms with Crippen molar-refractivity contribution >= 4 is 34.6 Å². The summed E-state index contributed by atoms with van der Waals surface area (Å²) >= 11 is 0. The van der Waals surface area contributed by atoms with E-state index in [2.05, 4.69) is 22.4 Å². The number of carbonyl (C=O) groups is 1. The first-order valence-corrected chi connectivity index (χ1v) is 11.7. The Balaban J connectivity index is 1.62. The SMILES string of the molecule is C=CCCCC(CNC=O)Nc1cc2onc(N)c2cc1C(=N)c1ccc(Oc2ccccc2)cc1. The average molecular weight is 484 g/mol. The highest BCUT2D eigenvalue weighted by Gasteiger charge is 2.18. The van der Waals surface area contributed by atoms with E-state index in [0.717, 1.165) is 25.0 Å². The molecule has 0 saturated heterocycles. The maximum atomic E-state index is 10.9. The molecule has 1 heterocycles. The minimum Gasteiger partial charge on any atom is -0.457 e. The van der Waals surface area contributed by atoms with Crippen molar-refractivity contribution in [3.63, 3.8) is 0 Å².